The molecule has 4 nitrogen and oxygen atoms in total. The van der Waals surface area contributed by atoms with Crippen LogP contribution in [0, 0.1) is 0 Å². The fraction of sp³-hybridized carbons (Fsp3) is 0.538. The zero-order valence-corrected chi connectivity index (χ0v) is 11.2. The molecule has 2 atom stereocenters. The van der Waals surface area contributed by atoms with Crippen LogP contribution in [-0.4, -0.2) is 16.7 Å². The molecule has 0 saturated heterocycles. The third kappa shape index (κ3) is 1.97. The van der Waals surface area contributed by atoms with Crippen molar-refractivity contribution in [2.24, 2.45) is 5.73 Å². The number of hydrogen-bond acceptors (Lipinski definition) is 5. The molecule has 1 aliphatic rings. The van der Waals surface area contributed by atoms with E-state index < -0.39 is 0 Å². The summed E-state index contributed by atoms with van der Waals surface area (Å²) in [5, 5.41) is 6.21. The van der Waals surface area contributed by atoms with Crippen LogP contribution in [0.3, 0.4) is 0 Å². The average molecular weight is 263 g/mol. The van der Waals surface area contributed by atoms with Crippen molar-refractivity contribution < 1.29 is 4.52 Å². The van der Waals surface area contributed by atoms with Crippen molar-refractivity contribution in [3.05, 3.63) is 33.6 Å². The lowest BCUT2D eigenvalue weighted by atomic mass is 9.88. The highest BCUT2D eigenvalue weighted by atomic mass is 32.1. The molecule has 2 heterocycles. The van der Waals surface area contributed by atoms with Gasteiger partial charge < -0.3 is 10.3 Å². The Morgan fingerprint density at radius 3 is 3.33 bits per heavy atom. The molecule has 0 fully saturated rings. The Kier molecular flexibility index (Phi) is 3.18. The molecule has 0 aliphatic heterocycles. The minimum absolute atomic E-state index is 0.160. The van der Waals surface area contributed by atoms with Gasteiger partial charge in [-0.15, -0.1) is 11.3 Å². The van der Waals surface area contributed by atoms with Crippen LogP contribution in [0.25, 0.3) is 0 Å². The highest BCUT2D eigenvalue weighted by molar-refractivity contribution is 7.10. The average Bonchev–Trinajstić information content (AvgIpc) is 3.05. The van der Waals surface area contributed by atoms with Gasteiger partial charge >= 0.3 is 0 Å². The van der Waals surface area contributed by atoms with Crippen molar-refractivity contribution in [2.75, 3.05) is 6.54 Å². The summed E-state index contributed by atoms with van der Waals surface area (Å²) in [6, 6.07) is 2.19. The molecule has 0 aromatic carbocycles. The van der Waals surface area contributed by atoms with E-state index >= 15 is 0 Å². The minimum atomic E-state index is 0.160. The van der Waals surface area contributed by atoms with Gasteiger partial charge in [0, 0.05) is 17.3 Å². The van der Waals surface area contributed by atoms with E-state index in [4.69, 9.17) is 10.3 Å². The molecule has 2 N–H and O–H groups in total. The molecule has 96 valence electrons. The molecule has 0 saturated carbocycles. The standard InChI is InChI=1S/C13H17N3OS/c1-8(7-14)12-15-13(17-16-12)10-3-2-4-11-9(10)5-6-18-11/h5-6,8,10H,2-4,7,14H2,1H3. The third-order valence-corrected chi connectivity index (χ3v) is 4.60. The number of rotatable bonds is 3. The smallest absolute Gasteiger partial charge is 0.234 e. The quantitative estimate of drug-likeness (QED) is 0.924. The minimum Gasteiger partial charge on any atom is -0.339 e. The zero-order valence-electron chi connectivity index (χ0n) is 10.4. The summed E-state index contributed by atoms with van der Waals surface area (Å²) in [5.41, 5.74) is 7.01. The van der Waals surface area contributed by atoms with Crippen LogP contribution < -0.4 is 5.73 Å². The molecule has 0 amide bonds. The lowest BCUT2D eigenvalue weighted by molar-refractivity contribution is 0.349. The second kappa shape index (κ2) is 4.82. The van der Waals surface area contributed by atoms with Gasteiger partial charge in [0.15, 0.2) is 5.82 Å². The molecular weight excluding hydrogens is 246 g/mol. The van der Waals surface area contributed by atoms with E-state index in [-0.39, 0.29) is 11.8 Å². The maximum Gasteiger partial charge on any atom is 0.234 e. The van der Waals surface area contributed by atoms with Crippen LogP contribution in [0.5, 0.6) is 0 Å². The number of fused-ring (bicyclic) bond motifs is 1. The topological polar surface area (TPSA) is 64.9 Å². The molecular formula is C13H17N3OS. The van der Waals surface area contributed by atoms with Gasteiger partial charge in [0.05, 0.1) is 5.92 Å². The number of hydrogen-bond donors (Lipinski definition) is 1. The number of nitrogens with two attached hydrogens (primary N) is 1. The molecule has 2 unspecified atom stereocenters. The molecule has 0 radical (unpaired) electrons. The molecule has 2 aromatic rings. The number of aryl methyl sites for hydroxylation is 1. The van der Waals surface area contributed by atoms with Gasteiger partial charge in [-0.05, 0) is 36.3 Å². The van der Waals surface area contributed by atoms with E-state index in [1.54, 1.807) is 0 Å². The summed E-state index contributed by atoms with van der Waals surface area (Å²) >= 11 is 1.83. The highest BCUT2D eigenvalue weighted by Gasteiger charge is 2.27. The summed E-state index contributed by atoms with van der Waals surface area (Å²) in [4.78, 5) is 6.00. The predicted octanol–water partition coefficient (Wildman–Crippen LogP) is 2.66. The van der Waals surface area contributed by atoms with Crippen LogP contribution in [0.15, 0.2) is 16.0 Å². The first-order valence-corrected chi connectivity index (χ1v) is 7.27. The van der Waals surface area contributed by atoms with Crippen LogP contribution in [0.2, 0.25) is 0 Å². The van der Waals surface area contributed by atoms with E-state index in [1.165, 1.54) is 23.3 Å². The van der Waals surface area contributed by atoms with Gasteiger partial charge in [-0.3, -0.25) is 0 Å². The summed E-state index contributed by atoms with van der Waals surface area (Å²) < 4.78 is 5.44. The first kappa shape index (κ1) is 11.9. The van der Waals surface area contributed by atoms with Crippen molar-refractivity contribution in [1.29, 1.82) is 0 Å². The molecule has 18 heavy (non-hydrogen) atoms. The van der Waals surface area contributed by atoms with Crippen molar-refractivity contribution in [2.45, 2.75) is 38.0 Å². The second-order valence-corrected chi connectivity index (χ2v) is 5.87. The summed E-state index contributed by atoms with van der Waals surface area (Å²) in [6.07, 6.45) is 3.48. The molecule has 1 aliphatic carbocycles. The number of aromatic nitrogens is 2. The van der Waals surface area contributed by atoms with Gasteiger partial charge in [0.25, 0.3) is 0 Å². The number of nitrogens with zero attached hydrogens (tertiary/aromatic N) is 2. The zero-order chi connectivity index (χ0) is 12.5. The Labute approximate surface area is 110 Å². The lowest BCUT2D eigenvalue weighted by Crippen LogP contribution is -2.11. The van der Waals surface area contributed by atoms with Crippen molar-refractivity contribution in [3.8, 4) is 0 Å². The Morgan fingerprint density at radius 2 is 2.50 bits per heavy atom. The van der Waals surface area contributed by atoms with E-state index in [1.807, 2.05) is 18.3 Å². The highest BCUT2D eigenvalue weighted by Crippen LogP contribution is 2.38. The van der Waals surface area contributed by atoms with Crippen molar-refractivity contribution >= 4 is 11.3 Å². The maximum atomic E-state index is 5.63. The largest absolute Gasteiger partial charge is 0.339 e. The fourth-order valence-electron chi connectivity index (χ4n) is 2.44. The Bertz CT molecular complexity index is 534. The Morgan fingerprint density at radius 1 is 1.61 bits per heavy atom. The molecule has 0 spiro atoms. The van der Waals surface area contributed by atoms with Crippen LogP contribution in [0.4, 0.5) is 0 Å². The molecule has 2 aromatic heterocycles. The number of thiophene rings is 1. The van der Waals surface area contributed by atoms with Gasteiger partial charge in [-0.1, -0.05) is 12.1 Å². The van der Waals surface area contributed by atoms with Crippen LogP contribution >= 0.6 is 11.3 Å². The van der Waals surface area contributed by atoms with Crippen LogP contribution in [0.1, 0.15) is 53.8 Å². The third-order valence-electron chi connectivity index (χ3n) is 3.60. The van der Waals surface area contributed by atoms with Crippen LogP contribution in [-0.2, 0) is 6.42 Å². The molecule has 5 heteroatoms. The maximum absolute atomic E-state index is 5.63. The first-order chi connectivity index (χ1) is 8.79. The van der Waals surface area contributed by atoms with Gasteiger partial charge in [-0.25, -0.2) is 0 Å². The summed E-state index contributed by atoms with van der Waals surface area (Å²) in [5.74, 6) is 1.93. The monoisotopic (exact) mass is 263 g/mol. The lowest BCUT2D eigenvalue weighted by Gasteiger charge is -2.18. The second-order valence-electron chi connectivity index (χ2n) is 4.87. The first-order valence-electron chi connectivity index (χ1n) is 6.39. The SMILES string of the molecule is CC(CN)c1noc(C2CCCc3sccc32)n1. The van der Waals surface area contributed by atoms with E-state index in [0.29, 0.717) is 6.54 Å². The Balaban J connectivity index is 1.90. The Hall–Kier alpha value is -1.20. The van der Waals surface area contributed by atoms with Crippen molar-refractivity contribution in [3.63, 3.8) is 0 Å². The molecule has 3 rings (SSSR count). The van der Waals surface area contributed by atoms with Gasteiger partial charge in [-0.2, -0.15) is 4.98 Å². The predicted molar refractivity (Wildman–Crippen MR) is 70.9 cm³/mol. The normalized spacial score (nSPS) is 20.7. The fourth-order valence-corrected chi connectivity index (χ4v) is 3.42. The summed E-state index contributed by atoms with van der Waals surface area (Å²) in [7, 11) is 0. The van der Waals surface area contributed by atoms with Gasteiger partial charge in [0.1, 0.15) is 0 Å². The van der Waals surface area contributed by atoms with E-state index in [2.05, 4.69) is 21.6 Å². The van der Waals surface area contributed by atoms with E-state index in [9.17, 15) is 0 Å². The summed E-state index contributed by atoms with van der Waals surface area (Å²) in [6.45, 7) is 2.57. The molecule has 0 bridgehead atoms. The van der Waals surface area contributed by atoms with Crippen molar-refractivity contribution in [1.82, 2.24) is 10.1 Å². The van der Waals surface area contributed by atoms with E-state index in [0.717, 1.165) is 18.1 Å². The van der Waals surface area contributed by atoms with Gasteiger partial charge in [0.2, 0.25) is 5.89 Å².